The molecule has 1 atom stereocenters. The maximum atomic E-state index is 12.2. The summed E-state index contributed by atoms with van der Waals surface area (Å²) >= 11 is 0. The van der Waals surface area contributed by atoms with Crippen molar-refractivity contribution in [1.29, 1.82) is 0 Å². The summed E-state index contributed by atoms with van der Waals surface area (Å²) in [4.78, 5) is 16.4. The van der Waals surface area contributed by atoms with Gasteiger partial charge in [0, 0.05) is 29.8 Å². The van der Waals surface area contributed by atoms with Crippen molar-refractivity contribution in [2.75, 3.05) is 0 Å². The number of aryl methyl sites for hydroxylation is 1. The SMILES string of the molecule is CC(NC(=O)CCc1ccccn1)C(C)(C)c1ccccc1. The molecule has 1 amide bonds. The van der Waals surface area contributed by atoms with Crippen molar-refractivity contribution in [1.82, 2.24) is 10.3 Å². The molecular weight excluding hydrogens is 272 g/mol. The normalized spacial score (nSPS) is 12.7. The highest BCUT2D eigenvalue weighted by atomic mass is 16.1. The molecule has 2 aromatic rings. The summed E-state index contributed by atoms with van der Waals surface area (Å²) in [5.74, 6) is 0.0714. The van der Waals surface area contributed by atoms with Crippen molar-refractivity contribution in [3.8, 4) is 0 Å². The van der Waals surface area contributed by atoms with Gasteiger partial charge in [-0.15, -0.1) is 0 Å². The van der Waals surface area contributed by atoms with E-state index in [1.807, 2.05) is 36.4 Å². The summed E-state index contributed by atoms with van der Waals surface area (Å²) in [6, 6.07) is 16.1. The Hall–Kier alpha value is -2.16. The molecule has 3 nitrogen and oxygen atoms in total. The van der Waals surface area contributed by atoms with Crippen LogP contribution < -0.4 is 5.32 Å². The van der Waals surface area contributed by atoms with Gasteiger partial charge in [0.1, 0.15) is 0 Å². The number of hydrogen-bond donors (Lipinski definition) is 1. The van der Waals surface area contributed by atoms with E-state index in [-0.39, 0.29) is 17.4 Å². The molecule has 1 aromatic carbocycles. The Labute approximate surface area is 132 Å². The molecule has 1 heterocycles. The molecule has 0 radical (unpaired) electrons. The first-order valence-corrected chi connectivity index (χ1v) is 7.75. The molecule has 0 aliphatic rings. The van der Waals surface area contributed by atoms with Gasteiger partial charge in [0.05, 0.1) is 0 Å². The maximum absolute atomic E-state index is 12.2. The van der Waals surface area contributed by atoms with Crippen LogP contribution in [-0.2, 0) is 16.6 Å². The highest BCUT2D eigenvalue weighted by molar-refractivity contribution is 5.76. The second-order valence-corrected chi connectivity index (χ2v) is 6.20. The van der Waals surface area contributed by atoms with Gasteiger partial charge in [-0.2, -0.15) is 0 Å². The highest BCUT2D eigenvalue weighted by Crippen LogP contribution is 2.26. The van der Waals surface area contributed by atoms with Crippen molar-refractivity contribution in [2.24, 2.45) is 0 Å². The number of rotatable bonds is 6. The molecule has 116 valence electrons. The summed E-state index contributed by atoms with van der Waals surface area (Å²) in [6.45, 7) is 6.38. The number of pyridine rings is 1. The molecule has 0 spiro atoms. The molecule has 1 aromatic heterocycles. The van der Waals surface area contributed by atoms with Crippen molar-refractivity contribution in [2.45, 2.75) is 45.1 Å². The third-order valence-electron chi connectivity index (χ3n) is 4.31. The fourth-order valence-electron chi connectivity index (χ4n) is 2.40. The largest absolute Gasteiger partial charge is 0.353 e. The lowest BCUT2D eigenvalue weighted by atomic mass is 9.78. The molecule has 2 rings (SSSR count). The minimum Gasteiger partial charge on any atom is -0.353 e. The molecule has 0 fully saturated rings. The van der Waals surface area contributed by atoms with Crippen LogP contribution in [0.25, 0.3) is 0 Å². The monoisotopic (exact) mass is 296 g/mol. The van der Waals surface area contributed by atoms with Gasteiger partial charge in [-0.25, -0.2) is 0 Å². The molecule has 0 saturated heterocycles. The highest BCUT2D eigenvalue weighted by Gasteiger charge is 2.28. The van der Waals surface area contributed by atoms with Crippen LogP contribution in [0, 0.1) is 0 Å². The van der Waals surface area contributed by atoms with Crippen molar-refractivity contribution < 1.29 is 4.79 Å². The van der Waals surface area contributed by atoms with Crippen LogP contribution in [0.3, 0.4) is 0 Å². The van der Waals surface area contributed by atoms with Crippen LogP contribution in [0.5, 0.6) is 0 Å². The van der Waals surface area contributed by atoms with Gasteiger partial charge in [0.15, 0.2) is 0 Å². The average Bonchev–Trinajstić information content (AvgIpc) is 2.54. The number of nitrogens with one attached hydrogen (secondary N) is 1. The average molecular weight is 296 g/mol. The van der Waals surface area contributed by atoms with Crippen LogP contribution in [0.1, 0.15) is 38.4 Å². The zero-order valence-electron chi connectivity index (χ0n) is 13.5. The van der Waals surface area contributed by atoms with Gasteiger partial charge in [-0.1, -0.05) is 50.2 Å². The fourth-order valence-corrected chi connectivity index (χ4v) is 2.40. The number of hydrogen-bond acceptors (Lipinski definition) is 2. The van der Waals surface area contributed by atoms with E-state index in [0.717, 1.165) is 5.69 Å². The van der Waals surface area contributed by atoms with Crippen LogP contribution in [0.4, 0.5) is 0 Å². The number of nitrogens with zero attached hydrogens (tertiary/aromatic N) is 1. The minimum atomic E-state index is -0.109. The van der Waals surface area contributed by atoms with Crippen molar-refractivity contribution >= 4 is 5.91 Å². The quantitative estimate of drug-likeness (QED) is 0.886. The van der Waals surface area contributed by atoms with E-state index in [4.69, 9.17) is 0 Å². The van der Waals surface area contributed by atoms with Gasteiger partial charge in [0.25, 0.3) is 0 Å². The van der Waals surface area contributed by atoms with E-state index in [9.17, 15) is 4.79 Å². The van der Waals surface area contributed by atoms with Gasteiger partial charge in [0.2, 0.25) is 5.91 Å². The summed E-state index contributed by atoms with van der Waals surface area (Å²) in [5, 5.41) is 3.12. The Balaban J connectivity index is 1.91. The van der Waals surface area contributed by atoms with E-state index in [1.54, 1.807) is 6.20 Å². The second-order valence-electron chi connectivity index (χ2n) is 6.20. The first-order chi connectivity index (χ1) is 10.5. The summed E-state index contributed by atoms with van der Waals surface area (Å²) < 4.78 is 0. The van der Waals surface area contributed by atoms with Crippen molar-refractivity contribution in [3.05, 3.63) is 66.0 Å². The zero-order valence-corrected chi connectivity index (χ0v) is 13.5. The Morgan fingerprint density at radius 3 is 2.45 bits per heavy atom. The Kier molecular flexibility index (Phi) is 5.31. The topological polar surface area (TPSA) is 42.0 Å². The molecule has 1 N–H and O–H groups in total. The summed E-state index contributed by atoms with van der Waals surface area (Å²) in [5.41, 5.74) is 2.07. The van der Waals surface area contributed by atoms with Gasteiger partial charge >= 0.3 is 0 Å². The van der Waals surface area contributed by atoms with E-state index < -0.39 is 0 Å². The fraction of sp³-hybridized carbons (Fsp3) is 0.368. The third kappa shape index (κ3) is 4.17. The van der Waals surface area contributed by atoms with Crippen LogP contribution in [-0.4, -0.2) is 16.9 Å². The molecule has 3 heteroatoms. The number of carbonyl (C=O) groups excluding carboxylic acids is 1. The molecular formula is C19H24N2O. The lowest BCUT2D eigenvalue weighted by molar-refractivity contribution is -0.122. The number of carbonyl (C=O) groups is 1. The lowest BCUT2D eigenvalue weighted by Crippen LogP contribution is -2.45. The summed E-state index contributed by atoms with van der Waals surface area (Å²) in [6.07, 6.45) is 2.89. The van der Waals surface area contributed by atoms with Crippen LogP contribution in [0.2, 0.25) is 0 Å². The van der Waals surface area contributed by atoms with Crippen LogP contribution >= 0.6 is 0 Å². The molecule has 0 saturated carbocycles. The maximum Gasteiger partial charge on any atom is 0.220 e. The predicted octanol–water partition coefficient (Wildman–Crippen LogP) is 3.50. The van der Waals surface area contributed by atoms with Crippen molar-refractivity contribution in [3.63, 3.8) is 0 Å². The number of aromatic nitrogens is 1. The summed E-state index contributed by atoms with van der Waals surface area (Å²) in [7, 11) is 0. The molecule has 0 aliphatic carbocycles. The standard InChI is InChI=1S/C19H24N2O/c1-15(19(2,3)16-9-5-4-6-10-16)21-18(22)13-12-17-11-7-8-14-20-17/h4-11,14-15H,12-13H2,1-3H3,(H,21,22). The van der Waals surface area contributed by atoms with Gasteiger partial charge < -0.3 is 5.32 Å². The Morgan fingerprint density at radius 1 is 1.14 bits per heavy atom. The zero-order chi connectivity index (χ0) is 16.0. The lowest BCUT2D eigenvalue weighted by Gasteiger charge is -2.33. The molecule has 1 unspecified atom stereocenters. The van der Waals surface area contributed by atoms with E-state index in [1.165, 1.54) is 5.56 Å². The van der Waals surface area contributed by atoms with Gasteiger partial charge in [-0.3, -0.25) is 9.78 Å². The predicted molar refractivity (Wildman–Crippen MR) is 89.6 cm³/mol. The molecule has 22 heavy (non-hydrogen) atoms. The van der Waals surface area contributed by atoms with E-state index in [0.29, 0.717) is 12.8 Å². The third-order valence-corrected chi connectivity index (χ3v) is 4.31. The van der Waals surface area contributed by atoms with Gasteiger partial charge in [-0.05, 0) is 31.0 Å². The smallest absolute Gasteiger partial charge is 0.220 e. The molecule has 0 bridgehead atoms. The van der Waals surface area contributed by atoms with E-state index in [2.05, 4.69) is 43.2 Å². The molecule has 0 aliphatic heterocycles. The number of benzene rings is 1. The first-order valence-electron chi connectivity index (χ1n) is 7.75. The van der Waals surface area contributed by atoms with E-state index >= 15 is 0 Å². The minimum absolute atomic E-state index is 0.0612. The Bertz CT molecular complexity index is 593. The second kappa shape index (κ2) is 7.21. The Morgan fingerprint density at radius 2 is 1.82 bits per heavy atom. The number of amides is 1. The van der Waals surface area contributed by atoms with Crippen LogP contribution in [0.15, 0.2) is 54.7 Å². The first kappa shape index (κ1) is 16.2.